The summed E-state index contributed by atoms with van der Waals surface area (Å²) in [4.78, 5) is 12.6. The molecule has 0 aliphatic rings. The highest BCUT2D eigenvalue weighted by Gasteiger charge is 2.35. The number of benzene rings is 1. The number of fused-ring (bicyclic) bond motifs is 1. The van der Waals surface area contributed by atoms with Crippen LogP contribution in [0, 0.1) is 18.3 Å². The first-order chi connectivity index (χ1) is 14.7. The van der Waals surface area contributed by atoms with Gasteiger partial charge in [-0.15, -0.1) is 5.10 Å². The van der Waals surface area contributed by atoms with Gasteiger partial charge in [-0.05, 0) is 38.1 Å². The van der Waals surface area contributed by atoms with Crippen molar-refractivity contribution in [1.82, 2.24) is 24.7 Å². The Morgan fingerprint density at radius 2 is 2.03 bits per heavy atom. The fourth-order valence-electron chi connectivity index (χ4n) is 2.98. The van der Waals surface area contributed by atoms with Gasteiger partial charge in [0.05, 0.1) is 11.6 Å². The average Bonchev–Trinajstić information content (AvgIpc) is 3.29. The van der Waals surface area contributed by atoms with Gasteiger partial charge in [-0.1, -0.05) is 11.6 Å². The number of aromatic nitrogens is 5. The maximum absolute atomic E-state index is 13.3. The van der Waals surface area contributed by atoms with Crippen LogP contribution in [0.4, 0.5) is 19.2 Å². The maximum Gasteiger partial charge on any atom is 0.420 e. The van der Waals surface area contributed by atoms with Gasteiger partial charge in [-0.25, -0.2) is 9.97 Å². The van der Waals surface area contributed by atoms with Gasteiger partial charge >= 0.3 is 6.18 Å². The Hall–Kier alpha value is -3.65. The maximum atomic E-state index is 13.3. The van der Waals surface area contributed by atoms with Gasteiger partial charge in [0.1, 0.15) is 23.0 Å². The summed E-state index contributed by atoms with van der Waals surface area (Å²) in [5, 5.41) is 16.0. The highest BCUT2D eigenvalue weighted by atomic mass is 35.5. The molecular formula is C19H13ClF3N7O. The van der Waals surface area contributed by atoms with Crippen molar-refractivity contribution in [3.63, 3.8) is 0 Å². The summed E-state index contributed by atoms with van der Waals surface area (Å²) in [6.45, 7) is 3.41. The number of nitrogens with zero attached hydrogens (tertiary/aromatic N) is 6. The summed E-state index contributed by atoms with van der Waals surface area (Å²) in [6, 6.07) is 6.57. The van der Waals surface area contributed by atoms with Crippen LogP contribution in [0.2, 0.25) is 5.02 Å². The molecule has 31 heavy (non-hydrogen) atoms. The fourth-order valence-corrected chi connectivity index (χ4v) is 3.19. The minimum Gasteiger partial charge on any atom is -0.423 e. The summed E-state index contributed by atoms with van der Waals surface area (Å²) in [6.07, 6.45) is -3.25. The highest BCUT2D eigenvalue weighted by Crippen LogP contribution is 2.38. The van der Waals surface area contributed by atoms with Crippen molar-refractivity contribution in [2.75, 3.05) is 5.32 Å². The molecule has 4 rings (SSSR count). The number of halogens is 4. The van der Waals surface area contributed by atoms with Gasteiger partial charge in [0.15, 0.2) is 17.2 Å². The van der Waals surface area contributed by atoms with Crippen molar-refractivity contribution in [1.29, 1.82) is 5.26 Å². The summed E-state index contributed by atoms with van der Waals surface area (Å²) in [5.41, 5.74) is -1.07. The first kappa shape index (κ1) is 20.6. The van der Waals surface area contributed by atoms with E-state index in [-0.39, 0.29) is 16.6 Å². The number of oxazole rings is 1. The zero-order valence-electron chi connectivity index (χ0n) is 16.1. The van der Waals surface area contributed by atoms with E-state index in [1.165, 1.54) is 16.9 Å². The Labute approximate surface area is 178 Å². The van der Waals surface area contributed by atoms with Crippen molar-refractivity contribution in [2.24, 2.45) is 0 Å². The number of hydrogen-bond acceptors (Lipinski definition) is 7. The molecule has 0 saturated heterocycles. The molecule has 0 spiro atoms. The molecule has 12 heteroatoms. The van der Waals surface area contributed by atoms with Gasteiger partial charge in [0, 0.05) is 11.2 Å². The monoisotopic (exact) mass is 447 g/mol. The molecule has 0 saturated carbocycles. The lowest BCUT2D eigenvalue weighted by molar-refractivity contribution is -0.136. The molecule has 158 valence electrons. The first-order valence-corrected chi connectivity index (χ1v) is 9.27. The van der Waals surface area contributed by atoms with E-state index in [0.29, 0.717) is 23.0 Å². The molecule has 0 unspecified atom stereocenters. The predicted octanol–water partition coefficient (Wildman–Crippen LogP) is 4.83. The lowest BCUT2D eigenvalue weighted by atomic mass is 10.2. The number of rotatable bonds is 4. The standard InChI is InChI=1S/C19H13ClF3N7O/c1-9(17-27-10(2)29-30(17)15-4-3-11(7-24)8-25-15)26-18-28-14-6-12(20)5-13(16(14)31-18)19(21,22)23/h3-6,8-9H,1-2H3,(H,26,28)/t9-/m0/s1. The van der Waals surface area contributed by atoms with Gasteiger partial charge in [-0.3, -0.25) is 0 Å². The Balaban J connectivity index is 1.68. The third kappa shape index (κ3) is 4.02. The molecule has 1 N–H and O–H groups in total. The first-order valence-electron chi connectivity index (χ1n) is 8.89. The smallest absolute Gasteiger partial charge is 0.420 e. The number of aryl methyl sites for hydroxylation is 1. The van der Waals surface area contributed by atoms with E-state index in [0.717, 1.165) is 6.07 Å². The third-order valence-electron chi connectivity index (χ3n) is 4.32. The molecule has 0 radical (unpaired) electrons. The van der Waals surface area contributed by atoms with Crippen LogP contribution in [0.5, 0.6) is 0 Å². The molecule has 4 aromatic rings. The van der Waals surface area contributed by atoms with Crippen molar-refractivity contribution >= 4 is 28.7 Å². The van der Waals surface area contributed by atoms with Crippen LogP contribution in [0.3, 0.4) is 0 Å². The van der Waals surface area contributed by atoms with Crippen molar-refractivity contribution in [3.05, 3.63) is 58.3 Å². The second-order valence-corrected chi connectivity index (χ2v) is 7.07. The zero-order chi connectivity index (χ0) is 22.3. The molecule has 1 aromatic carbocycles. The Morgan fingerprint density at radius 3 is 2.68 bits per heavy atom. The van der Waals surface area contributed by atoms with E-state index < -0.39 is 23.4 Å². The van der Waals surface area contributed by atoms with Gasteiger partial charge in [-0.2, -0.15) is 28.1 Å². The Kier molecular flexibility index (Phi) is 5.02. The van der Waals surface area contributed by atoms with Gasteiger partial charge in [0.2, 0.25) is 0 Å². The minimum absolute atomic E-state index is 0.0269. The molecule has 1 atom stereocenters. The van der Waals surface area contributed by atoms with E-state index in [1.807, 2.05) is 6.07 Å². The quantitative estimate of drug-likeness (QED) is 0.477. The lowest BCUT2D eigenvalue weighted by Gasteiger charge is -2.12. The van der Waals surface area contributed by atoms with Crippen molar-refractivity contribution in [2.45, 2.75) is 26.1 Å². The van der Waals surface area contributed by atoms with E-state index in [4.69, 9.17) is 21.3 Å². The topological polar surface area (TPSA) is 105 Å². The minimum atomic E-state index is -4.65. The summed E-state index contributed by atoms with van der Waals surface area (Å²) < 4.78 is 46.8. The van der Waals surface area contributed by atoms with E-state index >= 15 is 0 Å². The summed E-state index contributed by atoms with van der Waals surface area (Å²) in [7, 11) is 0. The van der Waals surface area contributed by atoms with Gasteiger partial charge < -0.3 is 9.73 Å². The number of pyridine rings is 1. The van der Waals surface area contributed by atoms with Gasteiger partial charge in [0.25, 0.3) is 6.01 Å². The number of nitrogens with one attached hydrogen (secondary N) is 1. The normalized spacial score (nSPS) is 12.7. The molecule has 0 fully saturated rings. The van der Waals surface area contributed by atoms with Crippen LogP contribution in [0.1, 0.15) is 35.7 Å². The molecule has 0 aliphatic carbocycles. The SMILES string of the molecule is Cc1nc([C@H](C)Nc2nc3cc(Cl)cc(C(F)(F)F)c3o2)n(-c2ccc(C#N)cn2)n1. The van der Waals surface area contributed by atoms with Crippen LogP contribution in [0.25, 0.3) is 16.9 Å². The van der Waals surface area contributed by atoms with Crippen LogP contribution in [-0.2, 0) is 6.18 Å². The largest absolute Gasteiger partial charge is 0.423 e. The number of alkyl halides is 3. The number of anilines is 1. The van der Waals surface area contributed by atoms with Crippen LogP contribution < -0.4 is 5.32 Å². The molecule has 0 aliphatic heterocycles. The molecule has 3 heterocycles. The zero-order valence-corrected chi connectivity index (χ0v) is 16.8. The number of nitriles is 1. The molecule has 0 amide bonds. The fraction of sp³-hybridized carbons (Fsp3) is 0.211. The molecular weight excluding hydrogens is 435 g/mol. The summed E-state index contributed by atoms with van der Waals surface area (Å²) >= 11 is 5.80. The van der Waals surface area contributed by atoms with Crippen LogP contribution >= 0.6 is 11.6 Å². The van der Waals surface area contributed by atoms with E-state index in [2.05, 4.69) is 25.4 Å². The third-order valence-corrected chi connectivity index (χ3v) is 4.54. The molecule has 0 bridgehead atoms. The second kappa shape index (κ2) is 7.55. The highest BCUT2D eigenvalue weighted by molar-refractivity contribution is 6.31. The van der Waals surface area contributed by atoms with Crippen LogP contribution in [0.15, 0.2) is 34.9 Å². The van der Waals surface area contributed by atoms with E-state index in [9.17, 15) is 13.2 Å². The van der Waals surface area contributed by atoms with Crippen LogP contribution in [-0.4, -0.2) is 24.7 Å². The Morgan fingerprint density at radius 1 is 1.26 bits per heavy atom. The predicted molar refractivity (Wildman–Crippen MR) is 105 cm³/mol. The lowest BCUT2D eigenvalue weighted by Crippen LogP contribution is -2.14. The summed E-state index contributed by atoms with van der Waals surface area (Å²) in [5.74, 6) is 1.30. The van der Waals surface area contributed by atoms with Crippen molar-refractivity contribution < 1.29 is 17.6 Å². The Bertz CT molecular complexity index is 1310. The molecule has 3 aromatic heterocycles. The number of hydrogen-bond donors (Lipinski definition) is 1. The van der Waals surface area contributed by atoms with Crippen molar-refractivity contribution in [3.8, 4) is 11.9 Å². The second-order valence-electron chi connectivity index (χ2n) is 6.63. The average molecular weight is 448 g/mol. The molecule has 8 nitrogen and oxygen atoms in total. The van der Waals surface area contributed by atoms with E-state index in [1.54, 1.807) is 26.0 Å².